The van der Waals surface area contributed by atoms with Crippen molar-refractivity contribution in [3.05, 3.63) is 63.1 Å². The van der Waals surface area contributed by atoms with Crippen molar-refractivity contribution in [1.82, 2.24) is 0 Å². The Morgan fingerprint density at radius 3 is 2.65 bits per heavy atom. The fraction of sp³-hybridized carbons (Fsp3) is 0.375. The number of thioether (sulfide) groups is 1. The molecule has 4 nitrogen and oxygen atoms in total. The first-order valence-electron chi connectivity index (χ1n) is 10.4. The average Bonchev–Trinajstić information content (AvgIpc) is 3.20. The molecule has 0 radical (unpaired) electrons. The van der Waals surface area contributed by atoms with Crippen molar-refractivity contribution in [2.75, 3.05) is 37.5 Å². The molecule has 0 spiro atoms. The van der Waals surface area contributed by atoms with E-state index in [1.807, 2.05) is 30.0 Å². The van der Waals surface area contributed by atoms with Crippen LogP contribution in [0, 0.1) is 0 Å². The quantitative estimate of drug-likeness (QED) is 0.546. The van der Waals surface area contributed by atoms with Crippen molar-refractivity contribution in [1.29, 1.82) is 0 Å². The first-order valence-corrected chi connectivity index (χ1v) is 12.4. The monoisotopic (exact) mass is 477 g/mol. The highest BCUT2D eigenvalue weighted by molar-refractivity contribution is 7.99. The van der Waals surface area contributed by atoms with E-state index in [-0.39, 0.29) is 5.91 Å². The summed E-state index contributed by atoms with van der Waals surface area (Å²) in [5.41, 5.74) is 3.48. The molecular weight excluding hydrogens is 451 g/mol. The summed E-state index contributed by atoms with van der Waals surface area (Å²) in [6, 6.07) is 12.3. The van der Waals surface area contributed by atoms with Crippen molar-refractivity contribution >= 4 is 52.6 Å². The van der Waals surface area contributed by atoms with Crippen LogP contribution in [0.1, 0.15) is 24.0 Å². The number of nitrogens with one attached hydrogen (secondary N) is 1. The number of fused-ring (bicyclic) bond motifs is 1. The molecule has 2 heterocycles. The van der Waals surface area contributed by atoms with Gasteiger partial charge in [0.15, 0.2) is 0 Å². The summed E-state index contributed by atoms with van der Waals surface area (Å²) in [5, 5.41) is 3.89. The Bertz CT molecular complexity index is 999. The predicted octanol–water partition coefficient (Wildman–Crippen LogP) is 5.88. The fourth-order valence-electron chi connectivity index (χ4n) is 4.07. The third-order valence-electron chi connectivity index (χ3n) is 6.00. The van der Waals surface area contributed by atoms with Gasteiger partial charge in [0.2, 0.25) is 0 Å². The number of rotatable bonds is 5. The second kappa shape index (κ2) is 9.45. The second-order valence-corrected chi connectivity index (χ2v) is 10.6. The van der Waals surface area contributed by atoms with E-state index < -0.39 is 0 Å². The average molecular weight is 478 g/mol. The van der Waals surface area contributed by atoms with Gasteiger partial charge in [0, 0.05) is 47.0 Å². The van der Waals surface area contributed by atoms with Crippen LogP contribution >= 0.6 is 35.0 Å². The molecule has 4 rings (SSSR count). The third-order valence-corrected chi connectivity index (χ3v) is 7.87. The van der Waals surface area contributed by atoms with Gasteiger partial charge in [-0.25, -0.2) is 0 Å². The minimum atomic E-state index is -0.130. The molecule has 1 N–H and O–H groups in total. The number of hydrogen-bond acceptors (Lipinski definition) is 3. The molecule has 1 atom stereocenters. The van der Waals surface area contributed by atoms with Crippen LogP contribution in [0.3, 0.4) is 0 Å². The van der Waals surface area contributed by atoms with E-state index in [2.05, 4.69) is 31.5 Å². The molecule has 1 fully saturated rings. The topological polar surface area (TPSA) is 38.3 Å². The minimum absolute atomic E-state index is 0.130. The van der Waals surface area contributed by atoms with E-state index in [9.17, 15) is 4.79 Å². The van der Waals surface area contributed by atoms with Gasteiger partial charge < -0.3 is 14.5 Å². The number of benzene rings is 2. The number of ether oxygens (including phenoxy) is 1. The maximum atomic E-state index is 12.9. The summed E-state index contributed by atoms with van der Waals surface area (Å²) >= 11 is 14.3. The van der Waals surface area contributed by atoms with E-state index in [1.54, 1.807) is 12.1 Å². The molecule has 7 heteroatoms. The second-order valence-electron chi connectivity index (χ2n) is 8.68. The van der Waals surface area contributed by atoms with Crippen molar-refractivity contribution in [3.63, 3.8) is 0 Å². The van der Waals surface area contributed by atoms with Crippen molar-refractivity contribution in [2.45, 2.75) is 25.4 Å². The van der Waals surface area contributed by atoms with Gasteiger partial charge in [0.05, 0.1) is 36.8 Å². The standard InChI is InChI=1S/C24H26Cl2N2O2S/c1-28(2,20-8-10-31-15-20)14-16-3-5-19(6-4-16)27-24(29)17-7-9-30-23-13-22(26)21(25)12-18(23)11-17/h3-6,11-13,20H,7-10,14-15H2,1-2H3/p+1. The Kier molecular flexibility index (Phi) is 6.87. The Hall–Kier alpha value is -1.66. The lowest BCUT2D eigenvalue weighted by atomic mass is 10.1. The molecule has 1 amide bonds. The molecule has 0 aromatic heterocycles. The van der Waals surface area contributed by atoms with Crippen LogP contribution < -0.4 is 10.1 Å². The molecule has 2 aromatic rings. The number of carbonyl (C=O) groups is 1. The molecule has 0 aliphatic carbocycles. The molecule has 31 heavy (non-hydrogen) atoms. The van der Waals surface area contributed by atoms with Gasteiger partial charge >= 0.3 is 0 Å². The lowest BCUT2D eigenvalue weighted by Crippen LogP contribution is -2.48. The maximum Gasteiger partial charge on any atom is 0.251 e. The number of anilines is 1. The van der Waals surface area contributed by atoms with Gasteiger partial charge in [-0.2, -0.15) is 11.8 Å². The maximum absolute atomic E-state index is 12.9. The van der Waals surface area contributed by atoms with Crippen molar-refractivity contribution < 1.29 is 14.0 Å². The Morgan fingerprint density at radius 2 is 1.94 bits per heavy atom. The summed E-state index contributed by atoms with van der Waals surface area (Å²) in [7, 11) is 4.62. The predicted molar refractivity (Wildman–Crippen MR) is 131 cm³/mol. The molecule has 2 aromatic carbocycles. The number of nitrogens with zero attached hydrogens (tertiary/aromatic N) is 1. The van der Waals surface area contributed by atoms with E-state index in [0.717, 1.165) is 22.3 Å². The van der Waals surface area contributed by atoms with E-state index in [4.69, 9.17) is 27.9 Å². The van der Waals surface area contributed by atoms with Crippen LogP contribution in [0.25, 0.3) is 6.08 Å². The Balaban J connectivity index is 1.43. The molecule has 164 valence electrons. The SMILES string of the molecule is C[N+](C)(Cc1ccc(NC(=O)C2=Cc3cc(Cl)c(Cl)cc3OCC2)cc1)C1CCSC1. The smallest absolute Gasteiger partial charge is 0.251 e. The zero-order chi connectivity index (χ0) is 22.0. The van der Waals surface area contributed by atoms with Gasteiger partial charge in [-0.1, -0.05) is 35.3 Å². The number of hydrogen-bond donors (Lipinski definition) is 1. The molecule has 1 saturated heterocycles. The first-order chi connectivity index (χ1) is 14.8. The van der Waals surface area contributed by atoms with Gasteiger partial charge in [-0.3, -0.25) is 4.79 Å². The lowest BCUT2D eigenvalue weighted by Gasteiger charge is -2.35. The van der Waals surface area contributed by atoms with Crippen LogP contribution in [0.5, 0.6) is 5.75 Å². The van der Waals surface area contributed by atoms with E-state index in [1.165, 1.54) is 23.5 Å². The third kappa shape index (κ3) is 5.40. The molecule has 0 saturated carbocycles. The summed E-state index contributed by atoms with van der Waals surface area (Å²) in [4.78, 5) is 12.9. The summed E-state index contributed by atoms with van der Waals surface area (Å²) in [5.74, 6) is 3.01. The lowest BCUT2D eigenvalue weighted by molar-refractivity contribution is -0.924. The van der Waals surface area contributed by atoms with Crippen LogP contribution in [-0.4, -0.2) is 48.6 Å². The minimum Gasteiger partial charge on any atom is -0.493 e. The molecule has 1 unspecified atom stereocenters. The van der Waals surface area contributed by atoms with Gasteiger partial charge in [0.25, 0.3) is 5.91 Å². The van der Waals surface area contributed by atoms with Crippen LogP contribution in [0.4, 0.5) is 5.69 Å². The van der Waals surface area contributed by atoms with Crippen molar-refractivity contribution in [3.8, 4) is 5.75 Å². The summed E-state index contributed by atoms with van der Waals surface area (Å²) in [6.07, 6.45) is 3.62. The zero-order valence-electron chi connectivity index (χ0n) is 17.8. The van der Waals surface area contributed by atoms with Crippen LogP contribution in [0.15, 0.2) is 42.0 Å². The highest BCUT2D eigenvalue weighted by Crippen LogP contribution is 2.34. The summed E-state index contributed by atoms with van der Waals surface area (Å²) in [6.45, 7) is 1.40. The summed E-state index contributed by atoms with van der Waals surface area (Å²) < 4.78 is 6.74. The highest BCUT2D eigenvalue weighted by atomic mass is 35.5. The molecule has 2 aliphatic rings. The van der Waals surface area contributed by atoms with Crippen LogP contribution in [0.2, 0.25) is 10.0 Å². The molecular formula is C24H27Cl2N2O2S+. The number of amides is 1. The number of halogens is 2. The van der Waals surface area contributed by atoms with Crippen LogP contribution in [-0.2, 0) is 11.3 Å². The van der Waals surface area contributed by atoms with Gasteiger partial charge in [0.1, 0.15) is 12.3 Å². The highest BCUT2D eigenvalue weighted by Gasteiger charge is 2.31. The van der Waals surface area contributed by atoms with Gasteiger partial charge in [-0.15, -0.1) is 0 Å². The molecule has 0 bridgehead atoms. The normalized spacial score (nSPS) is 18.6. The van der Waals surface area contributed by atoms with Crippen molar-refractivity contribution in [2.24, 2.45) is 0 Å². The zero-order valence-corrected chi connectivity index (χ0v) is 20.1. The van der Waals surface area contributed by atoms with Gasteiger partial charge in [-0.05, 0) is 30.0 Å². The van der Waals surface area contributed by atoms with E-state index in [0.29, 0.717) is 40.4 Å². The number of quaternary nitrogens is 1. The Morgan fingerprint density at radius 1 is 1.19 bits per heavy atom. The Labute approximate surface area is 198 Å². The number of carbonyl (C=O) groups excluding carboxylic acids is 1. The van der Waals surface area contributed by atoms with E-state index >= 15 is 0 Å². The fourth-order valence-corrected chi connectivity index (χ4v) is 5.84. The molecule has 2 aliphatic heterocycles. The largest absolute Gasteiger partial charge is 0.493 e. The first kappa shape index (κ1) is 22.5.